The highest BCUT2D eigenvalue weighted by atomic mass is 16.6. The molecule has 2 aromatic carbocycles. The van der Waals surface area contributed by atoms with Crippen LogP contribution in [0.4, 0.5) is 4.79 Å². The number of carbonyl (C=O) groups excluding carboxylic acids is 1. The Labute approximate surface area is 141 Å². The molecule has 126 valence electrons. The third-order valence-electron chi connectivity index (χ3n) is 4.14. The molecule has 1 aliphatic heterocycles. The summed E-state index contributed by atoms with van der Waals surface area (Å²) in [6.45, 7) is 1.43. The average Bonchev–Trinajstić information content (AvgIpc) is 2.64. The van der Waals surface area contributed by atoms with Gasteiger partial charge in [0.25, 0.3) is 0 Å². The molecule has 1 N–H and O–H groups in total. The summed E-state index contributed by atoms with van der Waals surface area (Å²) in [7, 11) is 0. The Kier molecular flexibility index (Phi) is 5.33. The molecule has 0 radical (unpaired) electrons. The van der Waals surface area contributed by atoms with Crippen molar-refractivity contribution >= 4 is 6.09 Å². The number of nitrogens with zero attached hydrogens (tertiary/aromatic N) is 1. The summed E-state index contributed by atoms with van der Waals surface area (Å²) >= 11 is 0. The maximum Gasteiger partial charge on any atom is 0.415 e. The Balaban J connectivity index is 1.53. The summed E-state index contributed by atoms with van der Waals surface area (Å²) < 4.78 is 11.1. The van der Waals surface area contributed by atoms with Gasteiger partial charge in [-0.3, -0.25) is 0 Å². The molecule has 0 unspecified atom stereocenters. The van der Waals surface area contributed by atoms with Crippen molar-refractivity contribution in [1.29, 1.82) is 0 Å². The first-order valence-electron chi connectivity index (χ1n) is 8.15. The van der Waals surface area contributed by atoms with Crippen molar-refractivity contribution in [2.75, 3.05) is 19.7 Å². The second-order valence-electron chi connectivity index (χ2n) is 5.87. The minimum Gasteiger partial charge on any atom is -0.457 e. The largest absolute Gasteiger partial charge is 0.457 e. The van der Waals surface area contributed by atoms with Crippen LogP contribution >= 0.6 is 0 Å². The number of likely N-dealkylation sites (tertiary alicyclic amines) is 1. The molecule has 0 saturated carbocycles. The number of carbonyl (C=O) groups is 1. The van der Waals surface area contributed by atoms with E-state index in [0.717, 1.165) is 18.6 Å². The lowest BCUT2D eigenvalue weighted by Crippen LogP contribution is -2.40. The smallest absolute Gasteiger partial charge is 0.415 e. The van der Waals surface area contributed by atoms with Crippen molar-refractivity contribution in [3.05, 3.63) is 54.6 Å². The molecule has 5 nitrogen and oxygen atoms in total. The second-order valence-corrected chi connectivity index (χ2v) is 5.87. The maximum absolute atomic E-state index is 12.1. The van der Waals surface area contributed by atoms with E-state index in [-0.39, 0.29) is 12.7 Å². The molecule has 0 aliphatic carbocycles. The number of ether oxygens (including phenoxy) is 2. The molecule has 1 amide bonds. The predicted octanol–water partition coefficient (Wildman–Crippen LogP) is 3.68. The first-order valence-corrected chi connectivity index (χ1v) is 8.15. The molecule has 0 aromatic heterocycles. The highest BCUT2D eigenvalue weighted by Gasteiger charge is 2.23. The zero-order valence-corrected chi connectivity index (χ0v) is 13.4. The number of aliphatic hydroxyl groups excluding tert-OH is 1. The lowest BCUT2D eigenvalue weighted by molar-refractivity contribution is 0.112. The first kappa shape index (κ1) is 16.3. The van der Waals surface area contributed by atoms with Crippen LogP contribution in [0, 0.1) is 5.92 Å². The van der Waals surface area contributed by atoms with Gasteiger partial charge in [0, 0.05) is 19.7 Å². The zero-order chi connectivity index (χ0) is 16.8. The van der Waals surface area contributed by atoms with Crippen molar-refractivity contribution in [3.8, 4) is 17.2 Å². The van der Waals surface area contributed by atoms with Gasteiger partial charge < -0.3 is 19.5 Å². The predicted molar refractivity (Wildman–Crippen MR) is 90.4 cm³/mol. The molecule has 1 heterocycles. The fraction of sp³-hybridized carbons (Fsp3) is 0.316. The second kappa shape index (κ2) is 7.84. The van der Waals surface area contributed by atoms with E-state index in [0.29, 0.717) is 30.5 Å². The average molecular weight is 327 g/mol. The van der Waals surface area contributed by atoms with E-state index >= 15 is 0 Å². The summed E-state index contributed by atoms with van der Waals surface area (Å²) in [5.41, 5.74) is 0. The minimum absolute atomic E-state index is 0.186. The van der Waals surface area contributed by atoms with Crippen LogP contribution in [-0.4, -0.2) is 35.8 Å². The van der Waals surface area contributed by atoms with E-state index in [9.17, 15) is 4.79 Å². The van der Waals surface area contributed by atoms with Gasteiger partial charge in [-0.2, -0.15) is 0 Å². The van der Waals surface area contributed by atoms with Crippen molar-refractivity contribution in [2.45, 2.75) is 12.8 Å². The molecular formula is C19H21NO4. The molecule has 2 aromatic rings. The molecule has 1 aliphatic rings. The van der Waals surface area contributed by atoms with Gasteiger partial charge in [-0.05, 0) is 55.2 Å². The topological polar surface area (TPSA) is 59.0 Å². The molecule has 0 atom stereocenters. The quantitative estimate of drug-likeness (QED) is 0.930. The Hall–Kier alpha value is -2.53. The zero-order valence-electron chi connectivity index (χ0n) is 13.4. The van der Waals surface area contributed by atoms with Crippen LogP contribution in [0.1, 0.15) is 12.8 Å². The van der Waals surface area contributed by atoms with E-state index in [1.54, 1.807) is 29.2 Å². The lowest BCUT2D eigenvalue weighted by atomic mass is 9.98. The monoisotopic (exact) mass is 327 g/mol. The van der Waals surface area contributed by atoms with Gasteiger partial charge in [-0.25, -0.2) is 4.79 Å². The normalized spacial score (nSPS) is 15.1. The number of benzene rings is 2. The van der Waals surface area contributed by atoms with E-state index in [1.165, 1.54) is 0 Å². The highest BCUT2D eigenvalue weighted by molar-refractivity contribution is 5.70. The molecule has 3 rings (SSSR count). The van der Waals surface area contributed by atoms with Crippen LogP contribution in [0.2, 0.25) is 0 Å². The highest BCUT2D eigenvalue weighted by Crippen LogP contribution is 2.24. The fourth-order valence-corrected chi connectivity index (χ4v) is 2.66. The Morgan fingerprint density at radius 2 is 1.54 bits per heavy atom. The van der Waals surface area contributed by atoms with Crippen molar-refractivity contribution in [1.82, 2.24) is 4.90 Å². The van der Waals surface area contributed by atoms with Crippen LogP contribution in [-0.2, 0) is 0 Å². The van der Waals surface area contributed by atoms with Crippen LogP contribution in [0.3, 0.4) is 0 Å². The van der Waals surface area contributed by atoms with Gasteiger partial charge in [0.05, 0.1) is 0 Å². The Morgan fingerprint density at radius 1 is 0.958 bits per heavy atom. The molecule has 0 bridgehead atoms. The van der Waals surface area contributed by atoms with Crippen molar-refractivity contribution in [2.24, 2.45) is 5.92 Å². The molecule has 0 spiro atoms. The molecular weight excluding hydrogens is 306 g/mol. The molecule has 24 heavy (non-hydrogen) atoms. The summed E-state index contributed by atoms with van der Waals surface area (Å²) in [4.78, 5) is 13.8. The standard InChI is InChI=1S/C19H21NO4/c21-14-15-10-12-20(13-11-15)19(22)24-18-8-6-17(7-9-18)23-16-4-2-1-3-5-16/h1-9,15,21H,10-14H2. The van der Waals surface area contributed by atoms with E-state index in [1.807, 2.05) is 30.3 Å². The molecule has 1 fully saturated rings. The van der Waals surface area contributed by atoms with Crippen molar-refractivity contribution in [3.63, 3.8) is 0 Å². The van der Waals surface area contributed by atoms with E-state index in [2.05, 4.69) is 0 Å². The van der Waals surface area contributed by atoms with Gasteiger partial charge in [0.1, 0.15) is 17.2 Å². The van der Waals surface area contributed by atoms with Gasteiger partial charge in [0.2, 0.25) is 0 Å². The Morgan fingerprint density at radius 3 is 2.17 bits per heavy atom. The fourth-order valence-electron chi connectivity index (χ4n) is 2.66. The number of hydrogen-bond acceptors (Lipinski definition) is 4. The molecule has 1 saturated heterocycles. The van der Waals surface area contributed by atoms with E-state index < -0.39 is 0 Å². The van der Waals surface area contributed by atoms with Gasteiger partial charge >= 0.3 is 6.09 Å². The van der Waals surface area contributed by atoms with Crippen LogP contribution in [0.5, 0.6) is 17.2 Å². The van der Waals surface area contributed by atoms with Gasteiger partial charge in [0.15, 0.2) is 0 Å². The summed E-state index contributed by atoms with van der Waals surface area (Å²) in [5, 5.41) is 9.14. The third-order valence-corrected chi connectivity index (χ3v) is 4.14. The third kappa shape index (κ3) is 4.26. The number of hydrogen-bond donors (Lipinski definition) is 1. The summed E-state index contributed by atoms with van der Waals surface area (Å²) in [5.74, 6) is 2.23. The lowest BCUT2D eigenvalue weighted by Gasteiger charge is -2.30. The number of piperidine rings is 1. The SMILES string of the molecule is O=C(Oc1ccc(Oc2ccccc2)cc1)N1CCC(CO)CC1. The number of rotatable bonds is 4. The van der Waals surface area contributed by atoms with Crippen LogP contribution < -0.4 is 9.47 Å². The summed E-state index contributed by atoms with van der Waals surface area (Å²) in [6, 6.07) is 16.5. The van der Waals surface area contributed by atoms with Crippen LogP contribution in [0.15, 0.2) is 54.6 Å². The van der Waals surface area contributed by atoms with E-state index in [4.69, 9.17) is 14.6 Å². The first-order chi connectivity index (χ1) is 11.7. The number of para-hydroxylation sites is 1. The number of amides is 1. The summed E-state index contributed by atoms with van der Waals surface area (Å²) in [6.07, 6.45) is 1.29. The van der Waals surface area contributed by atoms with Gasteiger partial charge in [-0.15, -0.1) is 0 Å². The maximum atomic E-state index is 12.1. The van der Waals surface area contributed by atoms with Crippen LogP contribution in [0.25, 0.3) is 0 Å². The van der Waals surface area contributed by atoms with Gasteiger partial charge in [-0.1, -0.05) is 18.2 Å². The molecule has 5 heteroatoms. The number of aliphatic hydroxyl groups is 1. The minimum atomic E-state index is -0.344. The van der Waals surface area contributed by atoms with Crippen molar-refractivity contribution < 1.29 is 19.4 Å². The Bertz CT molecular complexity index is 649.